The van der Waals surface area contributed by atoms with Crippen molar-refractivity contribution in [2.45, 2.75) is 19.8 Å². The average Bonchev–Trinajstić information content (AvgIpc) is 3.34. The molecule has 2 aliphatic heterocycles. The molecule has 0 bridgehead atoms. The molecule has 4 rings (SSSR count). The molecule has 2 aromatic heterocycles. The number of aryl methyl sites for hydroxylation is 1. The van der Waals surface area contributed by atoms with Crippen LogP contribution in [0.1, 0.15) is 29.1 Å². The molecule has 2 aliphatic rings. The SMILES string of the molecule is Cc1cc(N2CCCC2)nc(N2CCN(C(=O)c3ccno3)CC2)n1. The van der Waals surface area contributed by atoms with Crippen LogP contribution in [-0.4, -0.2) is 65.2 Å². The minimum atomic E-state index is -0.111. The predicted octanol–water partition coefficient (Wildman–Crippen LogP) is 1.34. The van der Waals surface area contributed by atoms with Gasteiger partial charge in [-0.1, -0.05) is 5.16 Å². The minimum Gasteiger partial charge on any atom is -0.356 e. The Bertz CT molecular complexity index is 734. The lowest BCUT2D eigenvalue weighted by Crippen LogP contribution is -2.49. The summed E-state index contributed by atoms with van der Waals surface area (Å²) in [6.45, 7) is 6.80. The standard InChI is InChI=1S/C17H22N6O2/c1-13-12-15(21-6-2-3-7-21)20-17(19-13)23-10-8-22(9-11-23)16(24)14-4-5-18-25-14/h4-5,12H,2-3,6-11H2,1H3. The molecule has 0 spiro atoms. The second-order valence-electron chi connectivity index (χ2n) is 6.52. The quantitative estimate of drug-likeness (QED) is 0.833. The number of anilines is 2. The Morgan fingerprint density at radius 2 is 1.80 bits per heavy atom. The number of carbonyl (C=O) groups is 1. The van der Waals surface area contributed by atoms with Gasteiger partial charge in [0.1, 0.15) is 5.82 Å². The Balaban J connectivity index is 1.44. The second-order valence-corrected chi connectivity index (χ2v) is 6.52. The Labute approximate surface area is 146 Å². The number of hydrogen-bond donors (Lipinski definition) is 0. The van der Waals surface area contributed by atoms with Crippen molar-refractivity contribution < 1.29 is 9.32 Å². The van der Waals surface area contributed by atoms with E-state index in [1.165, 1.54) is 19.0 Å². The summed E-state index contributed by atoms with van der Waals surface area (Å²) in [4.78, 5) is 28.0. The van der Waals surface area contributed by atoms with Gasteiger partial charge in [-0.05, 0) is 19.8 Å². The Morgan fingerprint density at radius 1 is 1.04 bits per heavy atom. The zero-order valence-corrected chi connectivity index (χ0v) is 14.4. The summed E-state index contributed by atoms with van der Waals surface area (Å²) in [7, 11) is 0. The maximum Gasteiger partial charge on any atom is 0.292 e. The molecule has 25 heavy (non-hydrogen) atoms. The third-order valence-corrected chi connectivity index (χ3v) is 4.76. The number of rotatable bonds is 3. The first-order valence-electron chi connectivity index (χ1n) is 8.76. The van der Waals surface area contributed by atoms with Crippen molar-refractivity contribution in [2.75, 3.05) is 49.1 Å². The van der Waals surface area contributed by atoms with Crippen molar-refractivity contribution in [3.05, 3.63) is 29.8 Å². The Hall–Kier alpha value is -2.64. The lowest BCUT2D eigenvalue weighted by atomic mass is 10.3. The summed E-state index contributed by atoms with van der Waals surface area (Å²) in [5.74, 6) is 1.95. The van der Waals surface area contributed by atoms with Crippen molar-refractivity contribution in [2.24, 2.45) is 0 Å². The monoisotopic (exact) mass is 342 g/mol. The van der Waals surface area contributed by atoms with Gasteiger partial charge in [0.25, 0.3) is 5.91 Å². The molecule has 4 heterocycles. The number of amides is 1. The topological polar surface area (TPSA) is 78.6 Å². The first-order chi connectivity index (χ1) is 12.2. The van der Waals surface area contributed by atoms with E-state index in [1.54, 1.807) is 11.0 Å². The molecule has 0 aromatic carbocycles. The highest BCUT2D eigenvalue weighted by Gasteiger charge is 2.26. The molecule has 2 aromatic rings. The minimum absolute atomic E-state index is 0.111. The number of aromatic nitrogens is 3. The molecule has 8 nitrogen and oxygen atoms in total. The molecule has 1 amide bonds. The van der Waals surface area contributed by atoms with Gasteiger partial charge < -0.3 is 19.2 Å². The van der Waals surface area contributed by atoms with E-state index in [1.807, 2.05) is 6.92 Å². The molecule has 0 unspecified atom stereocenters. The van der Waals surface area contributed by atoms with Gasteiger partial charge >= 0.3 is 0 Å². The lowest BCUT2D eigenvalue weighted by Gasteiger charge is -2.34. The van der Waals surface area contributed by atoms with Gasteiger partial charge in [0.2, 0.25) is 11.7 Å². The normalized spacial score (nSPS) is 18.0. The molecular weight excluding hydrogens is 320 g/mol. The van der Waals surface area contributed by atoms with Gasteiger partial charge in [-0.3, -0.25) is 4.79 Å². The first kappa shape index (κ1) is 15.9. The van der Waals surface area contributed by atoms with E-state index in [4.69, 9.17) is 9.51 Å². The number of piperazine rings is 1. The van der Waals surface area contributed by atoms with Crippen LogP contribution in [0.4, 0.5) is 11.8 Å². The van der Waals surface area contributed by atoms with Crippen LogP contribution < -0.4 is 9.80 Å². The number of nitrogens with zero attached hydrogens (tertiary/aromatic N) is 6. The fourth-order valence-electron chi connectivity index (χ4n) is 3.38. The van der Waals surface area contributed by atoms with Crippen LogP contribution in [-0.2, 0) is 0 Å². The summed E-state index contributed by atoms with van der Waals surface area (Å²) < 4.78 is 4.96. The van der Waals surface area contributed by atoms with Crippen molar-refractivity contribution in [3.8, 4) is 0 Å². The van der Waals surface area contributed by atoms with Crippen LogP contribution in [0.25, 0.3) is 0 Å². The molecule has 0 aliphatic carbocycles. The summed E-state index contributed by atoms with van der Waals surface area (Å²) >= 11 is 0. The zero-order chi connectivity index (χ0) is 17.2. The molecule has 8 heteroatoms. The van der Waals surface area contributed by atoms with Gasteiger partial charge in [-0.25, -0.2) is 4.98 Å². The molecule has 0 saturated carbocycles. The summed E-state index contributed by atoms with van der Waals surface area (Å²) in [6, 6.07) is 3.65. The van der Waals surface area contributed by atoms with Crippen LogP contribution >= 0.6 is 0 Å². The van der Waals surface area contributed by atoms with E-state index in [2.05, 4.69) is 26.0 Å². The van der Waals surface area contributed by atoms with Gasteiger partial charge in [0.15, 0.2) is 0 Å². The van der Waals surface area contributed by atoms with Crippen molar-refractivity contribution in [1.82, 2.24) is 20.0 Å². The summed E-state index contributed by atoms with van der Waals surface area (Å²) in [5, 5.41) is 3.60. The van der Waals surface area contributed by atoms with Gasteiger partial charge in [0, 0.05) is 57.1 Å². The Morgan fingerprint density at radius 3 is 2.48 bits per heavy atom. The van der Waals surface area contributed by atoms with Crippen molar-refractivity contribution in [1.29, 1.82) is 0 Å². The van der Waals surface area contributed by atoms with Crippen LogP contribution in [0.15, 0.2) is 22.9 Å². The van der Waals surface area contributed by atoms with Crippen molar-refractivity contribution >= 4 is 17.7 Å². The van der Waals surface area contributed by atoms with E-state index >= 15 is 0 Å². The largest absolute Gasteiger partial charge is 0.356 e. The van der Waals surface area contributed by atoms with E-state index in [-0.39, 0.29) is 11.7 Å². The van der Waals surface area contributed by atoms with E-state index in [0.29, 0.717) is 26.2 Å². The van der Waals surface area contributed by atoms with E-state index in [0.717, 1.165) is 30.5 Å². The molecular formula is C17H22N6O2. The molecule has 0 N–H and O–H groups in total. The predicted molar refractivity (Wildman–Crippen MR) is 92.8 cm³/mol. The maximum atomic E-state index is 12.3. The van der Waals surface area contributed by atoms with E-state index < -0.39 is 0 Å². The first-order valence-corrected chi connectivity index (χ1v) is 8.76. The molecule has 0 atom stereocenters. The maximum absolute atomic E-state index is 12.3. The highest BCUT2D eigenvalue weighted by molar-refractivity contribution is 5.91. The van der Waals surface area contributed by atoms with Crippen LogP contribution in [0.5, 0.6) is 0 Å². The number of hydrogen-bond acceptors (Lipinski definition) is 7. The highest BCUT2D eigenvalue weighted by atomic mass is 16.5. The summed E-state index contributed by atoms with van der Waals surface area (Å²) in [6.07, 6.45) is 3.94. The van der Waals surface area contributed by atoms with Gasteiger partial charge in [0.05, 0.1) is 6.20 Å². The van der Waals surface area contributed by atoms with E-state index in [9.17, 15) is 4.79 Å². The van der Waals surface area contributed by atoms with Gasteiger partial charge in [-0.2, -0.15) is 4.98 Å². The third-order valence-electron chi connectivity index (χ3n) is 4.76. The average molecular weight is 342 g/mol. The highest BCUT2D eigenvalue weighted by Crippen LogP contribution is 2.22. The fourth-order valence-corrected chi connectivity index (χ4v) is 3.38. The molecule has 2 saturated heterocycles. The van der Waals surface area contributed by atoms with Crippen LogP contribution in [0.2, 0.25) is 0 Å². The second kappa shape index (κ2) is 6.70. The lowest BCUT2D eigenvalue weighted by molar-refractivity contribution is 0.0704. The summed E-state index contributed by atoms with van der Waals surface area (Å²) in [5.41, 5.74) is 0.979. The van der Waals surface area contributed by atoms with Crippen LogP contribution in [0, 0.1) is 6.92 Å². The van der Waals surface area contributed by atoms with Crippen molar-refractivity contribution in [3.63, 3.8) is 0 Å². The third kappa shape index (κ3) is 3.29. The molecule has 132 valence electrons. The Kier molecular flexibility index (Phi) is 4.25. The number of carbonyl (C=O) groups excluding carboxylic acids is 1. The van der Waals surface area contributed by atoms with Crippen LogP contribution in [0.3, 0.4) is 0 Å². The molecule has 2 fully saturated rings. The zero-order valence-electron chi connectivity index (χ0n) is 14.4. The smallest absolute Gasteiger partial charge is 0.292 e. The van der Waals surface area contributed by atoms with Gasteiger partial charge in [-0.15, -0.1) is 0 Å². The fraction of sp³-hybridized carbons (Fsp3) is 0.529. The molecule has 0 radical (unpaired) electrons.